The highest BCUT2D eigenvalue weighted by Gasteiger charge is 2.62. The predicted molar refractivity (Wildman–Crippen MR) is 60.9 cm³/mol. The summed E-state index contributed by atoms with van der Waals surface area (Å²) in [6.45, 7) is 1.96. The summed E-state index contributed by atoms with van der Waals surface area (Å²) in [6.07, 6.45) is -0.328. The highest BCUT2D eigenvalue weighted by atomic mass is 16.7. The van der Waals surface area contributed by atoms with Gasteiger partial charge in [-0.15, -0.1) is 0 Å². The Bertz CT molecular complexity index is 429. The van der Waals surface area contributed by atoms with E-state index in [1.54, 1.807) is 14.2 Å². The summed E-state index contributed by atoms with van der Waals surface area (Å²) in [5.41, 5.74) is 0.517. The molecule has 1 saturated heterocycles. The summed E-state index contributed by atoms with van der Waals surface area (Å²) in [6, 6.07) is 7.94. The summed E-state index contributed by atoms with van der Waals surface area (Å²) in [5.74, 6) is 0.854. The topological polar surface area (TPSA) is 40.2 Å². The maximum atomic E-state index is 6.04. The van der Waals surface area contributed by atoms with Crippen molar-refractivity contribution < 1.29 is 18.9 Å². The second kappa shape index (κ2) is 3.70. The van der Waals surface area contributed by atoms with E-state index in [1.807, 2.05) is 31.2 Å². The highest BCUT2D eigenvalue weighted by Crippen LogP contribution is 2.54. The molecule has 0 spiro atoms. The Morgan fingerprint density at radius 2 is 1.94 bits per heavy atom. The van der Waals surface area contributed by atoms with E-state index in [-0.39, 0.29) is 12.2 Å². The first kappa shape index (κ1) is 11.0. The third kappa shape index (κ3) is 1.48. The van der Waals surface area contributed by atoms with Crippen molar-refractivity contribution in [2.24, 2.45) is 0 Å². The summed E-state index contributed by atoms with van der Waals surface area (Å²) in [7, 11) is 3.22. The van der Waals surface area contributed by atoms with Crippen LogP contribution in [0.5, 0.6) is 5.75 Å². The number of epoxide rings is 1. The van der Waals surface area contributed by atoms with Crippen LogP contribution >= 0.6 is 0 Å². The fourth-order valence-electron chi connectivity index (χ4n) is 2.63. The van der Waals surface area contributed by atoms with Crippen LogP contribution in [0.2, 0.25) is 0 Å². The molecule has 17 heavy (non-hydrogen) atoms. The number of hydrogen-bond donors (Lipinski definition) is 0. The SMILES string of the molecule is COC(OC)[C@@]1(C)Oc2ccccc2[C@@H]2O[C@@H]21. The average molecular weight is 236 g/mol. The van der Waals surface area contributed by atoms with Crippen molar-refractivity contribution in [2.75, 3.05) is 14.2 Å². The van der Waals surface area contributed by atoms with E-state index in [0.717, 1.165) is 11.3 Å². The fraction of sp³-hybridized carbons (Fsp3) is 0.538. The third-order valence-corrected chi connectivity index (χ3v) is 3.51. The summed E-state index contributed by atoms with van der Waals surface area (Å²) < 4.78 is 22.4. The first-order chi connectivity index (χ1) is 8.20. The summed E-state index contributed by atoms with van der Waals surface area (Å²) >= 11 is 0. The molecule has 3 atom stereocenters. The van der Waals surface area contributed by atoms with Crippen molar-refractivity contribution in [1.82, 2.24) is 0 Å². The molecule has 2 aliphatic heterocycles. The average Bonchev–Trinajstić information content (AvgIpc) is 3.12. The Hall–Kier alpha value is -1.10. The zero-order chi connectivity index (χ0) is 12.0. The quantitative estimate of drug-likeness (QED) is 0.593. The Balaban J connectivity index is 1.97. The minimum atomic E-state index is -0.595. The maximum Gasteiger partial charge on any atom is 0.199 e. The van der Waals surface area contributed by atoms with E-state index < -0.39 is 11.9 Å². The molecule has 2 aliphatic rings. The van der Waals surface area contributed by atoms with Crippen LogP contribution < -0.4 is 4.74 Å². The molecule has 1 aromatic carbocycles. The molecule has 1 aromatic rings. The van der Waals surface area contributed by atoms with Gasteiger partial charge in [-0.1, -0.05) is 18.2 Å². The third-order valence-electron chi connectivity index (χ3n) is 3.51. The van der Waals surface area contributed by atoms with Gasteiger partial charge in [0.15, 0.2) is 11.9 Å². The number of hydrogen-bond acceptors (Lipinski definition) is 4. The molecule has 0 aromatic heterocycles. The van der Waals surface area contributed by atoms with E-state index >= 15 is 0 Å². The van der Waals surface area contributed by atoms with Crippen LogP contribution in [0.1, 0.15) is 18.6 Å². The van der Waals surface area contributed by atoms with Gasteiger partial charge in [-0.05, 0) is 13.0 Å². The van der Waals surface area contributed by atoms with Gasteiger partial charge in [0.05, 0.1) is 0 Å². The van der Waals surface area contributed by atoms with Crippen LogP contribution in [0.3, 0.4) is 0 Å². The molecule has 2 heterocycles. The first-order valence-electron chi connectivity index (χ1n) is 5.69. The van der Waals surface area contributed by atoms with Crippen LogP contribution in [-0.4, -0.2) is 32.2 Å². The van der Waals surface area contributed by atoms with Crippen LogP contribution in [0.15, 0.2) is 24.3 Å². The lowest BCUT2D eigenvalue weighted by Crippen LogP contribution is -2.53. The lowest BCUT2D eigenvalue weighted by atomic mass is 9.92. The normalized spacial score (nSPS) is 33.9. The van der Waals surface area contributed by atoms with Gasteiger partial charge >= 0.3 is 0 Å². The van der Waals surface area contributed by atoms with Crippen LogP contribution in [0.4, 0.5) is 0 Å². The molecule has 0 radical (unpaired) electrons. The lowest BCUT2D eigenvalue weighted by molar-refractivity contribution is -0.205. The predicted octanol–water partition coefficient (Wildman–Crippen LogP) is 1.90. The summed E-state index contributed by atoms with van der Waals surface area (Å²) in [4.78, 5) is 0. The molecule has 0 aliphatic carbocycles. The number of methoxy groups -OCH3 is 2. The molecule has 1 fully saturated rings. The first-order valence-corrected chi connectivity index (χ1v) is 5.69. The van der Waals surface area contributed by atoms with Crippen molar-refractivity contribution in [1.29, 1.82) is 0 Å². The van der Waals surface area contributed by atoms with E-state index in [2.05, 4.69) is 0 Å². The smallest absolute Gasteiger partial charge is 0.199 e. The van der Waals surface area contributed by atoms with E-state index in [0.29, 0.717) is 0 Å². The Morgan fingerprint density at radius 3 is 2.65 bits per heavy atom. The number of ether oxygens (including phenoxy) is 4. The van der Waals surface area contributed by atoms with Crippen molar-refractivity contribution >= 4 is 0 Å². The van der Waals surface area contributed by atoms with Gasteiger partial charge in [0.1, 0.15) is 18.0 Å². The monoisotopic (exact) mass is 236 g/mol. The molecule has 0 bridgehead atoms. The molecule has 4 nitrogen and oxygen atoms in total. The van der Waals surface area contributed by atoms with Crippen molar-refractivity contribution in [3.63, 3.8) is 0 Å². The second-order valence-electron chi connectivity index (χ2n) is 4.60. The maximum absolute atomic E-state index is 6.04. The standard InChI is InChI=1S/C13H16O4/c1-13(12(14-2)15-3)11-10(16-11)8-6-4-5-7-9(8)17-13/h4-7,10-12H,1-3H3/t10-,11-,13-/m0/s1. The molecular weight excluding hydrogens is 220 g/mol. The van der Waals surface area contributed by atoms with Gasteiger partial charge in [0, 0.05) is 19.8 Å². The van der Waals surface area contributed by atoms with Crippen LogP contribution in [-0.2, 0) is 14.2 Å². The zero-order valence-corrected chi connectivity index (χ0v) is 10.2. The van der Waals surface area contributed by atoms with Crippen molar-refractivity contribution in [3.05, 3.63) is 29.8 Å². The lowest BCUT2D eigenvalue weighted by Gasteiger charge is -2.37. The number of para-hydroxylation sites is 1. The van der Waals surface area contributed by atoms with E-state index in [4.69, 9.17) is 18.9 Å². The van der Waals surface area contributed by atoms with Crippen LogP contribution in [0.25, 0.3) is 0 Å². The minimum absolute atomic E-state index is 0.00213. The second-order valence-corrected chi connectivity index (χ2v) is 4.60. The van der Waals surface area contributed by atoms with Crippen molar-refractivity contribution in [2.45, 2.75) is 31.0 Å². The summed E-state index contributed by atoms with van der Waals surface area (Å²) in [5, 5.41) is 0. The zero-order valence-electron chi connectivity index (χ0n) is 10.2. The van der Waals surface area contributed by atoms with Gasteiger partial charge in [-0.2, -0.15) is 0 Å². The van der Waals surface area contributed by atoms with E-state index in [9.17, 15) is 0 Å². The molecule has 3 rings (SSSR count). The van der Waals surface area contributed by atoms with Gasteiger partial charge < -0.3 is 18.9 Å². The van der Waals surface area contributed by atoms with Crippen LogP contribution in [0, 0.1) is 0 Å². The van der Waals surface area contributed by atoms with Gasteiger partial charge in [-0.25, -0.2) is 0 Å². The Kier molecular flexibility index (Phi) is 2.40. The van der Waals surface area contributed by atoms with Crippen molar-refractivity contribution in [3.8, 4) is 5.75 Å². The number of fused-ring (bicyclic) bond motifs is 3. The largest absolute Gasteiger partial charge is 0.479 e. The molecule has 92 valence electrons. The molecule has 0 saturated carbocycles. The highest BCUT2D eigenvalue weighted by molar-refractivity contribution is 5.42. The fourth-order valence-corrected chi connectivity index (χ4v) is 2.63. The van der Waals surface area contributed by atoms with Gasteiger partial charge in [0.2, 0.25) is 0 Å². The van der Waals surface area contributed by atoms with Gasteiger partial charge in [-0.3, -0.25) is 0 Å². The Labute approximate surface area is 100 Å². The van der Waals surface area contributed by atoms with Gasteiger partial charge in [0.25, 0.3) is 0 Å². The minimum Gasteiger partial charge on any atom is -0.479 e. The number of rotatable bonds is 3. The molecular formula is C13H16O4. The molecule has 0 N–H and O–H groups in total. The van der Waals surface area contributed by atoms with E-state index in [1.165, 1.54) is 0 Å². The Morgan fingerprint density at radius 1 is 1.24 bits per heavy atom. The number of benzene rings is 1. The molecule has 4 heteroatoms. The molecule has 0 amide bonds. The molecule has 0 unspecified atom stereocenters.